The quantitative estimate of drug-likeness (QED) is 0.810. The van der Waals surface area contributed by atoms with Gasteiger partial charge in [-0.3, -0.25) is 5.32 Å². The van der Waals surface area contributed by atoms with Gasteiger partial charge in [-0.2, -0.15) is 0 Å². The number of nitrogens with one attached hydrogen (secondary N) is 2. The van der Waals surface area contributed by atoms with Crippen LogP contribution in [0.5, 0.6) is 0 Å². The first-order valence-electron chi connectivity index (χ1n) is 7.37. The van der Waals surface area contributed by atoms with Crippen LogP contribution in [0, 0.1) is 0 Å². The number of aliphatic hydroxyl groups is 1. The summed E-state index contributed by atoms with van der Waals surface area (Å²) >= 11 is 1.42. The number of nitrogens with zero attached hydrogens (tertiary/aromatic N) is 2. The standard InChI is InChI=1S/C15H16N4O2S/c20-11-7-9-3-1-2-4-10(9)12(11)16-14(21)17-15-19-18-13(22-15)8-5-6-8/h1-4,8,11-12,20H,5-7H2,(H2,16,17,19,21)/t11-,12+/m0/s1. The summed E-state index contributed by atoms with van der Waals surface area (Å²) in [5.41, 5.74) is 2.05. The molecule has 2 aliphatic carbocycles. The minimum atomic E-state index is -0.598. The van der Waals surface area contributed by atoms with Crippen molar-refractivity contribution in [3.8, 4) is 0 Å². The van der Waals surface area contributed by atoms with E-state index in [0.29, 0.717) is 17.5 Å². The Bertz CT molecular complexity index is 713. The van der Waals surface area contributed by atoms with E-state index in [1.807, 2.05) is 24.3 Å². The summed E-state index contributed by atoms with van der Waals surface area (Å²) in [6, 6.07) is 7.02. The number of hydrogen-bond acceptors (Lipinski definition) is 5. The minimum absolute atomic E-state index is 0.362. The maximum atomic E-state index is 12.1. The first-order valence-corrected chi connectivity index (χ1v) is 8.19. The molecule has 2 atom stereocenters. The number of anilines is 1. The zero-order valence-corrected chi connectivity index (χ0v) is 12.6. The molecule has 0 unspecified atom stereocenters. The van der Waals surface area contributed by atoms with E-state index in [4.69, 9.17) is 0 Å². The summed E-state index contributed by atoms with van der Waals surface area (Å²) in [5, 5.41) is 25.2. The van der Waals surface area contributed by atoms with E-state index in [9.17, 15) is 9.90 Å². The third-order valence-corrected chi connectivity index (χ3v) is 5.08. The van der Waals surface area contributed by atoms with Gasteiger partial charge in [0.1, 0.15) is 5.01 Å². The van der Waals surface area contributed by atoms with Crippen molar-refractivity contribution in [1.82, 2.24) is 15.5 Å². The molecule has 0 bridgehead atoms. The summed E-state index contributed by atoms with van der Waals surface area (Å²) in [4.78, 5) is 12.1. The van der Waals surface area contributed by atoms with Crippen molar-refractivity contribution < 1.29 is 9.90 Å². The van der Waals surface area contributed by atoms with Gasteiger partial charge in [0.2, 0.25) is 5.13 Å². The molecule has 0 saturated heterocycles. The zero-order chi connectivity index (χ0) is 15.1. The minimum Gasteiger partial charge on any atom is -0.390 e. The van der Waals surface area contributed by atoms with Gasteiger partial charge in [0.25, 0.3) is 0 Å². The molecule has 2 aliphatic rings. The molecule has 0 aliphatic heterocycles. The van der Waals surface area contributed by atoms with E-state index in [-0.39, 0.29) is 12.1 Å². The van der Waals surface area contributed by atoms with Gasteiger partial charge < -0.3 is 10.4 Å². The maximum Gasteiger partial charge on any atom is 0.321 e. The Hall–Kier alpha value is -1.99. The van der Waals surface area contributed by atoms with Gasteiger partial charge in [0, 0.05) is 12.3 Å². The molecule has 2 amide bonds. The predicted octanol–water partition coefficient (Wildman–Crippen LogP) is 2.20. The lowest BCUT2D eigenvalue weighted by Gasteiger charge is -2.17. The van der Waals surface area contributed by atoms with Crippen LogP contribution >= 0.6 is 11.3 Å². The van der Waals surface area contributed by atoms with Crippen molar-refractivity contribution in [1.29, 1.82) is 0 Å². The largest absolute Gasteiger partial charge is 0.390 e. The molecule has 0 spiro atoms. The molecule has 7 heteroatoms. The Labute approximate surface area is 131 Å². The topological polar surface area (TPSA) is 87.1 Å². The lowest BCUT2D eigenvalue weighted by molar-refractivity contribution is 0.144. The molecule has 1 fully saturated rings. The molecule has 22 heavy (non-hydrogen) atoms. The number of carbonyl (C=O) groups excluding carboxylic acids is 1. The van der Waals surface area contributed by atoms with Crippen LogP contribution < -0.4 is 10.6 Å². The molecular weight excluding hydrogens is 300 g/mol. The molecule has 3 N–H and O–H groups in total. The molecule has 4 rings (SSSR count). The van der Waals surface area contributed by atoms with E-state index in [1.54, 1.807) is 0 Å². The summed E-state index contributed by atoms with van der Waals surface area (Å²) in [7, 11) is 0. The normalized spacial score (nSPS) is 23.1. The highest BCUT2D eigenvalue weighted by Gasteiger charge is 2.32. The number of carbonyl (C=O) groups is 1. The number of urea groups is 1. The molecule has 114 valence electrons. The highest BCUT2D eigenvalue weighted by atomic mass is 32.1. The number of benzene rings is 1. The fourth-order valence-corrected chi connectivity index (χ4v) is 3.71. The second-order valence-corrected chi connectivity index (χ2v) is 6.78. The number of fused-ring (bicyclic) bond motifs is 1. The molecule has 0 radical (unpaired) electrons. The van der Waals surface area contributed by atoms with Crippen molar-refractivity contribution in [2.75, 3.05) is 5.32 Å². The summed E-state index contributed by atoms with van der Waals surface area (Å²) in [5.74, 6) is 0.527. The van der Waals surface area contributed by atoms with Gasteiger partial charge >= 0.3 is 6.03 Å². The lowest BCUT2D eigenvalue weighted by Crippen LogP contribution is -2.36. The summed E-state index contributed by atoms with van der Waals surface area (Å²) < 4.78 is 0. The van der Waals surface area contributed by atoms with E-state index in [2.05, 4.69) is 20.8 Å². The molecular formula is C15H16N4O2S. The highest BCUT2D eigenvalue weighted by Crippen LogP contribution is 2.42. The Kier molecular flexibility index (Phi) is 3.31. The first-order chi connectivity index (χ1) is 10.7. The van der Waals surface area contributed by atoms with E-state index in [0.717, 1.165) is 29.0 Å². The third kappa shape index (κ3) is 2.57. The van der Waals surface area contributed by atoms with Gasteiger partial charge in [-0.15, -0.1) is 10.2 Å². The van der Waals surface area contributed by atoms with Gasteiger partial charge in [0.05, 0.1) is 12.1 Å². The first kappa shape index (κ1) is 13.7. The smallest absolute Gasteiger partial charge is 0.321 e. The van der Waals surface area contributed by atoms with E-state index < -0.39 is 6.10 Å². The van der Waals surface area contributed by atoms with Crippen LogP contribution in [-0.4, -0.2) is 27.4 Å². The molecule has 2 aromatic rings. The van der Waals surface area contributed by atoms with Crippen molar-refractivity contribution in [3.05, 3.63) is 40.4 Å². The Balaban J connectivity index is 1.43. The highest BCUT2D eigenvalue weighted by molar-refractivity contribution is 7.15. The Morgan fingerprint density at radius 3 is 2.91 bits per heavy atom. The lowest BCUT2D eigenvalue weighted by atomic mass is 10.1. The number of rotatable bonds is 3. The molecule has 1 aromatic heterocycles. The molecule has 1 saturated carbocycles. The third-order valence-electron chi connectivity index (χ3n) is 4.08. The fourth-order valence-electron chi connectivity index (χ4n) is 2.80. The average molecular weight is 316 g/mol. The molecule has 6 nitrogen and oxygen atoms in total. The SMILES string of the molecule is O=C(Nc1nnc(C2CC2)s1)N[C@@H]1c2ccccc2C[C@@H]1O. The van der Waals surface area contributed by atoms with Crippen LogP contribution in [0.3, 0.4) is 0 Å². The zero-order valence-electron chi connectivity index (χ0n) is 11.8. The second-order valence-electron chi connectivity index (χ2n) is 5.77. The van der Waals surface area contributed by atoms with Gasteiger partial charge in [-0.25, -0.2) is 4.79 Å². The van der Waals surface area contributed by atoms with Crippen molar-refractivity contribution in [2.24, 2.45) is 0 Å². The fraction of sp³-hybridized carbons (Fsp3) is 0.400. The van der Waals surface area contributed by atoms with Gasteiger partial charge in [0.15, 0.2) is 0 Å². The number of amides is 2. The van der Waals surface area contributed by atoms with Crippen molar-refractivity contribution in [3.63, 3.8) is 0 Å². The number of aromatic nitrogens is 2. The van der Waals surface area contributed by atoms with Crippen LogP contribution in [0.1, 0.15) is 40.9 Å². The predicted molar refractivity (Wildman–Crippen MR) is 82.9 cm³/mol. The summed E-state index contributed by atoms with van der Waals surface area (Å²) in [6.45, 7) is 0. The Morgan fingerprint density at radius 1 is 1.27 bits per heavy atom. The molecule has 1 heterocycles. The Morgan fingerprint density at radius 2 is 2.09 bits per heavy atom. The van der Waals surface area contributed by atoms with E-state index in [1.165, 1.54) is 11.3 Å². The van der Waals surface area contributed by atoms with E-state index >= 15 is 0 Å². The van der Waals surface area contributed by atoms with Crippen LogP contribution in [0.2, 0.25) is 0 Å². The van der Waals surface area contributed by atoms with Crippen LogP contribution in [0.25, 0.3) is 0 Å². The van der Waals surface area contributed by atoms with Crippen molar-refractivity contribution >= 4 is 22.5 Å². The van der Waals surface area contributed by atoms with Crippen molar-refractivity contribution in [2.45, 2.75) is 37.3 Å². The van der Waals surface area contributed by atoms with Crippen LogP contribution in [-0.2, 0) is 6.42 Å². The average Bonchev–Trinajstić information content (AvgIpc) is 3.18. The van der Waals surface area contributed by atoms with Gasteiger partial charge in [-0.1, -0.05) is 35.6 Å². The number of hydrogen-bond donors (Lipinski definition) is 3. The second kappa shape index (κ2) is 5.33. The number of aliphatic hydroxyl groups excluding tert-OH is 1. The monoisotopic (exact) mass is 316 g/mol. The van der Waals surface area contributed by atoms with Crippen LogP contribution in [0.15, 0.2) is 24.3 Å². The van der Waals surface area contributed by atoms with Gasteiger partial charge in [-0.05, 0) is 24.0 Å². The maximum absolute atomic E-state index is 12.1. The van der Waals surface area contributed by atoms with Crippen LogP contribution in [0.4, 0.5) is 9.93 Å². The summed E-state index contributed by atoms with van der Waals surface area (Å²) in [6.07, 6.45) is 2.28. The molecule has 1 aromatic carbocycles.